The number of hydrogen-bond donors (Lipinski definition) is 1. The normalized spacial score (nSPS) is 17.7. The predicted octanol–water partition coefficient (Wildman–Crippen LogP) is 2.05. The van der Waals surface area contributed by atoms with Gasteiger partial charge in [-0.2, -0.15) is 0 Å². The minimum Gasteiger partial charge on any atom is -0.486 e. The number of aromatic nitrogens is 2. The Morgan fingerprint density at radius 1 is 1.33 bits per heavy atom. The number of nitrogens with two attached hydrogens (primary N) is 1. The van der Waals surface area contributed by atoms with Crippen LogP contribution >= 0.6 is 23.1 Å². The Morgan fingerprint density at radius 3 is 2.94 bits per heavy atom. The van der Waals surface area contributed by atoms with Gasteiger partial charge in [0.15, 0.2) is 15.8 Å². The maximum absolute atomic E-state index is 5.84. The van der Waals surface area contributed by atoms with Gasteiger partial charge in [0, 0.05) is 5.75 Å². The molecule has 0 spiro atoms. The van der Waals surface area contributed by atoms with Gasteiger partial charge in [-0.15, -0.1) is 10.2 Å². The molecule has 0 saturated heterocycles. The summed E-state index contributed by atoms with van der Waals surface area (Å²) in [7, 11) is 0. The smallest absolute Gasteiger partial charge is 0.203 e. The fourth-order valence-corrected chi connectivity index (χ4v) is 3.22. The fourth-order valence-electron chi connectivity index (χ4n) is 1.59. The third-order valence-corrected chi connectivity index (χ3v) is 4.40. The average molecular weight is 281 g/mol. The highest BCUT2D eigenvalue weighted by molar-refractivity contribution is 8.01. The largest absolute Gasteiger partial charge is 0.486 e. The third-order valence-electron chi connectivity index (χ3n) is 2.38. The van der Waals surface area contributed by atoms with Gasteiger partial charge in [-0.25, -0.2) is 0 Å². The first-order valence-corrected chi connectivity index (χ1v) is 7.22. The molecule has 0 radical (unpaired) electrons. The zero-order valence-electron chi connectivity index (χ0n) is 9.41. The van der Waals surface area contributed by atoms with Crippen LogP contribution in [0.3, 0.4) is 0 Å². The molecule has 1 aliphatic rings. The average Bonchev–Trinajstić information content (AvgIpc) is 2.82. The van der Waals surface area contributed by atoms with E-state index in [0.29, 0.717) is 11.7 Å². The molecule has 94 valence electrons. The van der Waals surface area contributed by atoms with Crippen molar-refractivity contribution >= 4 is 28.2 Å². The molecule has 1 atom stereocenters. The van der Waals surface area contributed by atoms with Crippen molar-refractivity contribution in [3.05, 3.63) is 24.3 Å². The lowest BCUT2D eigenvalue weighted by Gasteiger charge is -2.25. The van der Waals surface area contributed by atoms with Crippen LogP contribution in [0, 0.1) is 0 Å². The molecule has 0 fully saturated rings. The number of anilines is 1. The summed E-state index contributed by atoms with van der Waals surface area (Å²) in [5, 5.41) is 8.21. The first-order chi connectivity index (χ1) is 8.81. The number of nitrogen functional groups attached to an aromatic ring is 1. The summed E-state index contributed by atoms with van der Waals surface area (Å²) in [6.07, 6.45) is 0.0232. The molecule has 18 heavy (non-hydrogen) atoms. The number of fused-ring (bicyclic) bond motifs is 1. The highest BCUT2D eigenvalue weighted by atomic mass is 32.2. The third kappa shape index (κ3) is 2.51. The summed E-state index contributed by atoms with van der Waals surface area (Å²) in [6, 6.07) is 7.68. The monoisotopic (exact) mass is 281 g/mol. The Kier molecular flexibility index (Phi) is 3.24. The van der Waals surface area contributed by atoms with Crippen LogP contribution in [0.4, 0.5) is 5.13 Å². The molecule has 1 aromatic heterocycles. The molecule has 1 aliphatic heterocycles. The van der Waals surface area contributed by atoms with Crippen LogP contribution < -0.4 is 15.2 Å². The summed E-state index contributed by atoms with van der Waals surface area (Å²) in [4.78, 5) is 0. The van der Waals surface area contributed by atoms with E-state index in [1.54, 1.807) is 11.8 Å². The lowest BCUT2D eigenvalue weighted by atomic mass is 10.3. The number of rotatable bonds is 3. The Labute approximate surface area is 112 Å². The van der Waals surface area contributed by atoms with Crippen molar-refractivity contribution in [1.82, 2.24) is 10.2 Å². The maximum Gasteiger partial charge on any atom is 0.203 e. The van der Waals surface area contributed by atoms with Gasteiger partial charge in [-0.3, -0.25) is 0 Å². The Bertz CT molecular complexity index is 547. The number of nitrogens with zero attached hydrogens (tertiary/aromatic N) is 2. The van der Waals surface area contributed by atoms with E-state index in [2.05, 4.69) is 10.2 Å². The number of para-hydroxylation sites is 2. The van der Waals surface area contributed by atoms with Crippen LogP contribution in [0.25, 0.3) is 0 Å². The van der Waals surface area contributed by atoms with E-state index in [9.17, 15) is 0 Å². The molecule has 7 heteroatoms. The van der Waals surface area contributed by atoms with Crippen molar-refractivity contribution in [1.29, 1.82) is 0 Å². The van der Waals surface area contributed by atoms with Crippen molar-refractivity contribution in [3.8, 4) is 11.5 Å². The van der Waals surface area contributed by atoms with Crippen LogP contribution in [-0.4, -0.2) is 28.7 Å². The minimum atomic E-state index is 0.0232. The molecular formula is C11H11N3O2S2. The minimum absolute atomic E-state index is 0.0232. The maximum atomic E-state index is 5.84. The first-order valence-electron chi connectivity index (χ1n) is 5.41. The van der Waals surface area contributed by atoms with Crippen LogP contribution in [-0.2, 0) is 0 Å². The Hall–Kier alpha value is -1.47. The number of hydrogen-bond acceptors (Lipinski definition) is 7. The van der Waals surface area contributed by atoms with E-state index < -0.39 is 0 Å². The van der Waals surface area contributed by atoms with E-state index in [-0.39, 0.29) is 6.10 Å². The molecule has 5 nitrogen and oxygen atoms in total. The number of benzene rings is 1. The molecular weight excluding hydrogens is 270 g/mol. The van der Waals surface area contributed by atoms with Gasteiger partial charge in [-0.05, 0) is 12.1 Å². The molecule has 0 unspecified atom stereocenters. The standard InChI is InChI=1S/C11H11N3O2S2/c12-10-13-14-11(18-10)17-6-7-5-15-8-3-1-2-4-9(8)16-7/h1-4,7H,5-6H2,(H2,12,13)/t7-/m1/s1. The van der Waals surface area contributed by atoms with Crippen molar-refractivity contribution < 1.29 is 9.47 Å². The topological polar surface area (TPSA) is 70.3 Å². The first kappa shape index (κ1) is 11.6. The summed E-state index contributed by atoms with van der Waals surface area (Å²) < 4.78 is 12.3. The molecule has 3 rings (SSSR count). The lowest BCUT2D eigenvalue weighted by molar-refractivity contribution is 0.107. The Morgan fingerprint density at radius 2 is 2.17 bits per heavy atom. The van der Waals surface area contributed by atoms with Gasteiger partial charge in [0.25, 0.3) is 0 Å². The van der Waals surface area contributed by atoms with Gasteiger partial charge in [0.1, 0.15) is 12.7 Å². The van der Waals surface area contributed by atoms with E-state index >= 15 is 0 Å². The molecule has 2 aromatic rings. The molecule has 2 N–H and O–H groups in total. The van der Waals surface area contributed by atoms with Crippen molar-refractivity contribution in [2.45, 2.75) is 10.4 Å². The van der Waals surface area contributed by atoms with E-state index in [1.807, 2.05) is 24.3 Å². The number of thioether (sulfide) groups is 1. The van der Waals surface area contributed by atoms with Gasteiger partial charge < -0.3 is 15.2 Å². The van der Waals surface area contributed by atoms with Crippen molar-refractivity contribution in [2.24, 2.45) is 0 Å². The van der Waals surface area contributed by atoms with Crippen LogP contribution in [0.2, 0.25) is 0 Å². The summed E-state index contributed by atoms with van der Waals surface area (Å²) >= 11 is 2.97. The molecule has 0 saturated carbocycles. The van der Waals surface area contributed by atoms with Gasteiger partial charge in [0.05, 0.1) is 0 Å². The molecule has 2 heterocycles. The van der Waals surface area contributed by atoms with Crippen LogP contribution in [0.5, 0.6) is 11.5 Å². The SMILES string of the molecule is Nc1nnc(SC[C@H]2COc3ccccc3O2)s1. The fraction of sp³-hybridized carbons (Fsp3) is 0.273. The molecule has 1 aromatic carbocycles. The second kappa shape index (κ2) is 5.03. The zero-order valence-corrected chi connectivity index (χ0v) is 11.0. The predicted molar refractivity (Wildman–Crippen MR) is 71.4 cm³/mol. The molecule has 0 bridgehead atoms. The van der Waals surface area contributed by atoms with Gasteiger partial charge >= 0.3 is 0 Å². The quantitative estimate of drug-likeness (QED) is 0.868. The number of ether oxygens (including phenoxy) is 2. The zero-order chi connectivity index (χ0) is 12.4. The van der Waals surface area contributed by atoms with Crippen molar-refractivity contribution in [2.75, 3.05) is 18.1 Å². The van der Waals surface area contributed by atoms with Gasteiger partial charge in [-0.1, -0.05) is 35.2 Å². The summed E-state index contributed by atoms with van der Waals surface area (Å²) in [5.41, 5.74) is 5.53. The van der Waals surface area contributed by atoms with Crippen molar-refractivity contribution in [3.63, 3.8) is 0 Å². The second-order valence-corrected chi connectivity index (χ2v) is 5.99. The summed E-state index contributed by atoms with van der Waals surface area (Å²) in [5.74, 6) is 2.37. The van der Waals surface area contributed by atoms with E-state index in [0.717, 1.165) is 21.6 Å². The lowest BCUT2D eigenvalue weighted by Crippen LogP contribution is -2.31. The Balaban J connectivity index is 1.59. The summed E-state index contributed by atoms with van der Waals surface area (Å²) in [6.45, 7) is 0.554. The highest BCUT2D eigenvalue weighted by Crippen LogP contribution is 2.33. The molecule has 0 aliphatic carbocycles. The van der Waals surface area contributed by atoms with E-state index in [1.165, 1.54) is 11.3 Å². The van der Waals surface area contributed by atoms with Crippen LogP contribution in [0.15, 0.2) is 28.6 Å². The van der Waals surface area contributed by atoms with Gasteiger partial charge in [0.2, 0.25) is 5.13 Å². The molecule has 0 amide bonds. The second-order valence-electron chi connectivity index (χ2n) is 3.71. The van der Waals surface area contributed by atoms with E-state index in [4.69, 9.17) is 15.2 Å². The highest BCUT2D eigenvalue weighted by Gasteiger charge is 2.21. The van der Waals surface area contributed by atoms with Crippen LogP contribution in [0.1, 0.15) is 0 Å².